The number of benzene rings is 1. The van der Waals surface area contributed by atoms with Crippen LogP contribution in [0, 0.1) is 6.92 Å². The predicted octanol–water partition coefficient (Wildman–Crippen LogP) is 4.79. The zero-order valence-corrected chi connectivity index (χ0v) is 14.7. The van der Waals surface area contributed by atoms with E-state index in [4.69, 9.17) is 18.6 Å². The second-order valence-electron chi connectivity index (χ2n) is 5.16. The molecule has 0 radical (unpaired) electrons. The topological polar surface area (TPSA) is 0 Å². The van der Waals surface area contributed by atoms with Gasteiger partial charge in [-0.3, -0.25) is 0 Å². The Bertz CT molecular complexity index is 486. The van der Waals surface area contributed by atoms with Gasteiger partial charge in [0.15, 0.2) is 0 Å². The normalized spacial score (nSPS) is 10.9. The van der Waals surface area contributed by atoms with Crippen LogP contribution in [-0.4, -0.2) is 8.07 Å². The number of rotatable bonds is 1. The quantitative estimate of drug-likeness (QED) is 0.523. The van der Waals surface area contributed by atoms with E-state index in [1.807, 2.05) is 0 Å². The van der Waals surface area contributed by atoms with Crippen LogP contribution in [0.3, 0.4) is 0 Å². The van der Waals surface area contributed by atoms with Crippen LogP contribution in [0.1, 0.15) is 5.56 Å². The van der Waals surface area contributed by atoms with Crippen LogP contribution in [0.15, 0.2) is 30.3 Å². The molecule has 0 aliphatic carbocycles. The number of aryl methyl sites for hydroxylation is 1. The van der Waals surface area contributed by atoms with E-state index in [0.29, 0.717) is 0 Å². The molecule has 92 valence electrons. The third kappa shape index (κ3) is 4.18. The number of halogens is 2. The Kier molecular flexibility index (Phi) is 5.88. The minimum absolute atomic E-state index is 0.556. The molecule has 2 aromatic rings. The minimum atomic E-state index is -1.18. The van der Waals surface area contributed by atoms with Crippen molar-refractivity contribution in [3.63, 3.8) is 0 Å². The Morgan fingerprint density at radius 2 is 1.76 bits per heavy atom. The summed E-state index contributed by atoms with van der Waals surface area (Å²) >= 11 is -0.556. The van der Waals surface area contributed by atoms with E-state index >= 15 is 0 Å². The van der Waals surface area contributed by atoms with Gasteiger partial charge in [-0.1, -0.05) is 32.6 Å². The molecule has 0 atom stereocenters. The first-order valence-corrected chi connectivity index (χ1v) is 13.3. The number of hydrogen-bond donors (Lipinski definition) is 0. The monoisotopic (exact) mass is 319 g/mol. The number of fused-ring (bicyclic) bond motifs is 1. The van der Waals surface area contributed by atoms with Gasteiger partial charge in [-0.05, 0) is 0 Å². The van der Waals surface area contributed by atoms with Crippen LogP contribution in [0.5, 0.6) is 0 Å². The van der Waals surface area contributed by atoms with E-state index in [2.05, 4.69) is 56.9 Å². The Hall–Kier alpha value is 0.341. The molecule has 0 aliphatic rings. The Labute approximate surface area is 121 Å². The molecule has 0 nitrogen and oxygen atoms in total. The summed E-state index contributed by atoms with van der Waals surface area (Å²) in [5.41, 5.74) is 1.38. The third-order valence-electron chi connectivity index (χ3n) is 2.70. The van der Waals surface area contributed by atoms with E-state index in [-0.39, 0.29) is 0 Å². The first-order chi connectivity index (χ1) is 7.90. The fraction of sp³-hybridized carbons (Fsp3) is 0.308. The molecule has 0 spiro atoms. The summed E-state index contributed by atoms with van der Waals surface area (Å²) in [6.45, 7) is 9.40. The average molecular weight is 320 g/mol. The molecule has 0 amide bonds. The molecule has 2 aromatic carbocycles. The van der Waals surface area contributed by atoms with Crippen molar-refractivity contribution in [2.45, 2.75) is 26.6 Å². The molecule has 0 bridgehead atoms. The second kappa shape index (κ2) is 6.49. The number of hydrogen-bond acceptors (Lipinski definition) is 0. The third-order valence-corrected chi connectivity index (χ3v) is 4.76. The zero-order valence-electron chi connectivity index (χ0n) is 10.6. The van der Waals surface area contributed by atoms with Crippen LogP contribution in [0.4, 0.5) is 0 Å². The SMILES string of the molecule is Cc1cc2c([Si](C)(C)C)cccc2[cH-]1.[Cl][Ti][Cl]. The fourth-order valence-corrected chi connectivity index (χ4v) is 3.66. The van der Waals surface area contributed by atoms with E-state index in [9.17, 15) is 0 Å². The van der Waals surface area contributed by atoms with E-state index < -0.39 is 25.1 Å². The summed E-state index contributed by atoms with van der Waals surface area (Å²) in [6.07, 6.45) is 0. The van der Waals surface area contributed by atoms with Gasteiger partial charge in [-0.15, -0.1) is 34.3 Å². The summed E-state index contributed by atoms with van der Waals surface area (Å²) < 4.78 is 0. The van der Waals surface area contributed by atoms with Crippen molar-refractivity contribution in [2.24, 2.45) is 0 Å². The van der Waals surface area contributed by atoms with Gasteiger partial charge in [0.1, 0.15) is 0 Å². The predicted molar refractivity (Wildman–Crippen MR) is 79.0 cm³/mol. The zero-order chi connectivity index (χ0) is 13.1. The molecular weight excluding hydrogens is 303 g/mol. The van der Waals surface area contributed by atoms with Gasteiger partial charge in [0.25, 0.3) is 0 Å². The summed E-state index contributed by atoms with van der Waals surface area (Å²) in [4.78, 5) is 0. The van der Waals surface area contributed by atoms with Crippen molar-refractivity contribution in [1.82, 2.24) is 0 Å². The summed E-state index contributed by atoms with van der Waals surface area (Å²) in [5, 5.41) is 4.47. The molecule has 0 fully saturated rings. The molecule has 0 saturated heterocycles. The van der Waals surface area contributed by atoms with Gasteiger partial charge in [0.2, 0.25) is 0 Å². The van der Waals surface area contributed by atoms with Crippen LogP contribution in [-0.2, 0) is 17.0 Å². The van der Waals surface area contributed by atoms with Crippen LogP contribution in [0.25, 0.3) is 10.8 Å². The molecule has 2 rings (SSSR count). The van der Waals surface area contributed by atoms with Crippen molar-refractivity contribution in [3.8, 4) is 0 Å². The van der Waals surface area contributed by atoms with Crippen LogP contribution < -0.4 is 5.19 Å². The van der Waals surface area contributed by atoms with E-state index in [0.717, 1.165) is 0 Å². The Morgan fingerprint density at radius 3 is 2.29 bits per heavy atom. The first kappa shape index (κ1) is 15.4. The van der Waals surface area contributed by atoms with Crippen LogP contribution >= 0.6 is 18.6 Å². The van der Waals surface area contributed by atoms with Gasteiger partial charge in [-0.2, -0.15) is 11.5 Å². The maximum atomic E-state index is 4.89. The molecular formula is C13H17Cl2SiTi-. The molecule has 0 heterocycles. The molecule has 0 unspecified atom stereocenters. The van der Waals surface area contributed by atoms with Gasteiger partial charge < -0.3 is 0 Å². The fourth-order valence-electron chi connectivity index (χ4n) is 2.04. The summed E-state index contributed by atoms with van der Waals surface area (Å²) in [5.74, 6) is 0. The van der Waals surface area contributed by atoms with Gasteiger partial charge in [0.05, 0.1) is 8.07 Å². The van der Waals surface area contributed by atoms with Crippen molar-refractivity contribution < 1.29 is 17.0 Å². The summed E-state index contributed by atoms with van der Waals surface area (Å²) in [6, 6.07) is 11.3. The second-order valence-corrected chi connectivity index (χ2v) is 12.8. The van der Waals surface area contributed by atoms with E-state index in [1.54, 1.807) is 5.19 Å². The van der Waals surface area contributed by atoms with Gasteiger partial charge in [-0.25, -0.2) is 0 Å². The molecule has 0 N–H and O–H groups in total. The van der Waals surface area contributed by atoms with Crippen molar-refractivity contribution in [2.75, 3.05) is 0 Å². The molecule has 0 saturated carbocycles. The van der Waals surface area contributed by atoms with Crippen molar-refractivity contribution in [1.29, 1.82) is 0 Å². The molecule has 4 heteroatoms. The summed E-state index contributed by atoms with van der Waals surface area (Å²) in [7, 11) is 8.59. The maximum absolute atomic E-state index is 4.89. The van der Waals surface area contributed by atoms with Gasteiger partial charge in [0, 0.05) is 0 Å². The average Bonchev–Trinajstić information content (AvgIpc) is 2.56. The molecule has 17 heavy (non-hydrogen) atoms. The Balaban J connectivity index is 0.000000437. The molecule has 0 aromatic heterocycles. The van der Waals surface area contributed by atoms with Gasteiger partial charge >= 0.3 is 35.6 Å². The van der Waals surface area contributed by atoms with Crippen molar-refractivity contribution >= 4 is 42.6 Å². The van der Waals surface area contributed by atoms with Crippen molar-refractivity contribution in [3.05, 3.63) is 35.9 Å². The molecule has 0 aliphatic heterocycles. The van der Waals surface area contributed by atoms with E-state index in [1.165, 1.54) is 16.3 Å². The van der Waals surface area contributed by atoms with Crippen LogP contribution in [0.2, 0.25) is 19.6 Å². The standard InChI is InChI=1S/C13H17Si.2ClH.Ti/c1-10-8-11-6-5-7-13(12(11)9-10)14(2,3)4;;;/h5-9H,1-4H3;2*1H;/q-1;;;+2/p-2. The Morgan fingerprint density at radius 1 is 1.18 bits per heavy atom. The first-order valence-electron chi connectivity index (χ1n) is 5.53.